The maximum Gasteiger partial charge on any atom is 0.253 e. The maximum absolute atomic E-state index is 12.5. The van der Waals surface area contributed by atoms with Crippen LogP contribution in [0.1, 0.15) is 47.8 Å². The Balaban J connectivity index is 1.62. The second kappa shape index (κ2) is 8.51. The van der Waals surface area contributed by atoms with Crippen LogP contribution in [0.2, 0.25) is 0 Å². The Kier molecular flexibility index (Phi) is 5.54. The number of amides is 1. The van der Waals surface area contributed by atoms with E-state index in [-0.39, 0.29) is 0 Å². The number of aromatic nitrogens is 4. The van der Waals surface area contributed by atoms with Crippen molar-refractivity contribution in [1.29, 1.82) is 0 Å². The summed E-state index contributed by atoms with van der Waals surface area (Å²) in [6.45, 7) is 1.62. The highest BCUT2D eigenvalue weighted by molar-refractivity contribution is 6.13. The maximum atomic E-state index is 12.5. The Morgan fingerprint density at radius 3 is 2.67 bits per heavy atom. The number of nitrogens with two attached hydrogens (primary N) is 1. The van der Waals surface area contributed by atoms with E-state index in [0.717, 1.165) is 52.3 Å². The minimum atomic E-state index is -0.465. The predicted molar refractivity (Wildman–Crippen MR) is 133 cm³/mol. The van der Waals surface area contributed by atoms with Crippen molar-refractivity contribution in [3.63, 3.8) is 0 Å². The zero-order valence-electron chi connectivity index (χ0n) is 19.5. The highest BCUT2D eigenvalue weighted by Gasteiger charge is 2.23. The molecule has 1 amide bonds. The van der Waals surface area contributed by atoms with Gasteiger partial charge < -0.3 is 25.5 Å². The first-order valence-corrected chi connectivity index (χ1v) is 11.6. The van der Waals surface area contributed by atoms with Crippen LogP contribution >= 0.6 is 0 Å². The zero-order valence-corrected chi connectivity index (χ0v) is 19.5. The summed E-state index contributed by atoms with van der Waals surface area (Å²) in [5.74, 6) is 1.16. The lowest BCUT2D eigenvalue weighted by atomic mass is 9.98. The number of imidazole rings is 2. The molecule has 1 aliphatic rings. The number of likely N-dealkylation sites (N-methyl/N-ethyl adjacent to an activating group) is 2. The van der Waals surface area contributed by atoms with Gasteiger partial charge >= 0.3 is 0 Å². The number of hydrogen-bond donors (Lipinski definition) is 3. The smallest absolute Gasteiger partial charge is 0.253 e. The minimum Gasteiger partial charge on any atom is -0.373 e. The van der Waals surface area contributed by atoms with Gasteiger partial charge in [0.25, 0.3) is 5.91 Å². The third-order valence-electron chi connectivity index (χ3n) is 6.77. The van der Waals surface area contributed by atoms with Crippen molar-refractivity contribution in [2.75, 3.05) is 39.1 Å². The van der Waals surface area contributed by atoms with Crippen molar-refractivity contribution in [2.24, 2.45) is 5.73 Å². The van der Waals surface area contributed by atoms with Crippen molar-refractivity contribution in [3.8, 4) is 11.1 Å². The van der Waals surface area contributed by atoms with E-state index in [4.69, 9.17) is 10.7 Å². The molecule has 0 atom stereocenters. The van der Waals surface area contributed by atoms with E-state index in [1.54, 1.807) is 6.33 Å². The molecule has 2 heterocycles. The van der Waals surface area contributed by atoms with Crippen molar-refractivity contribution < 1.29 is 4.79 Å². The number of hydrogen-bond acceptors (Lipinski definition) is 5. The van der Waals surface area contributed by atoms with E-state index in [1.807, 2.05) is 27.2 Å². The largest absolute Gasteiger partial charge is 0.373 e. The van der Waals surface area contributed by atoms with Gasteiger partial charge in [0.05, 0.1) is 39.6 Å². The number of aromatic amines is 2. The first-order valence-electron chi connectivity index (χ1n) is 11.6. The Morgan fingerprint density at radius 2 is 1.94 bits per heavy atom. The number of nitrogens with zero attached hydrogens (tertiary/aromatic N) is 4. The summed E-state index contributed by atoms with van der Waals surface area (Å²) in [6, 6.07) is 8.32. The molecule has 172 valence electrons. The average molecular weight is 446 g/mol. The van der Waals surface area contributed by atoms with Crippen LogP contribution in [0.4, 0.5) is 5.69 Å². The van der Waals surface area contributed by atoms with E-state index in [1.165, 1.54) is 25.7 Å². The summed E-state index contributed by atoms with van der Waals surface area (Å²) in [5, 5.41) is 0. The second-order valence-electron chi connectivity index (χ2n) is 9.37. The average Bonchev–Trinajstić information content (AvgIpc) is 3.55. The molecule has 1 aliphatic carbocycles. The number of primary amides is 1. The number of nitrogens with one attached hydrogen (secondary N) is 2. The number of carbonyl (C=O) groups is 1. The highest BCUT2D eigenvalue weighted by atomic mass is 16.1. The third-order valence-corrected chi connectivity index (χ3v) is 6.77. The summed E-state index contributed by atoms with van der Waals surface area (Å²) < 4.78 is 0. The summed E-state index contributed by atoms with van der Waals surface area (Å²) in [4.78, 5) is 32.8. The highest BCUT2D eigenvalue weighted by Crippen LogP contribution is 2.37. The molecular formula is C25H31N7O. The molecule has 0 spiro atoms. The van der Waals surface area contributed by atoms with Crippen molar-refractivity contribution in [3.05, 3.63) is 42.0 Å². The first-order chi connectivity index (χ1) is 15.9. The predicted octanol–water partition coefficient (Wildman–Crippen LogP) is 3.86. The lowest BCUT2D eigenvalue weighted by Gasteiger charge is -2.24. The molecular weight excluding hydrogens is 414 g/mol. The monoisotopic (exact) mass is 445 g/mol. The molecule has 1 saturated carbocycles. The molecule has 0 bridgehead atoms. The zero-order chi connectivity index (χ0) is 23.1. The van der Waals surface area contributed by atoms with Gasteiger partial charge in [0.15, 0.2) is 0 Å². The topological polar surface area (TPSA) is 107 Å². The number of H-pyrrole nitrogens is 2. The van der Waals surface area contributed by atoms with Crippen LogP contribution in [0, 0.1) is 0 Å². The van der Waals surface area contributed by atoms with Crippen LogP contribution in [0.25, 0.3) is 33.2 Å². The van der Waals surface area contributed by atoms with E-state index in [0.29, 0.717) is 17.0 Å². The van der Waals surface area contributed by atoms with Crippen LogP contribution in [0.3, 0.4) is 0 Å². The molecule has 8 heteroatoms. The molecule has 0 unspecified atom stereocenters. The van der Waals surface area contributed by atoms with Gasteiger partial charge in [-0.3, -0.25) is 4.79 Å². The number of benzene rings is 2. The Hall–Kier alpha value is -3.39. The summed E-state index contributed by atoms with van der Waals surface area (Å²) in [5.41, 5.74) is 12.5. The third kappa shape index (κ3) is 3.95. The number of carbonyl (C=O) groups excluding carboxylic acids is 1. The number of fused-ring (bicyclic) bond motifs is 2. The molecule has 4 N–H and O–H groups in total. The van der Waals surface area contributed by atoms with Gasteiger partial charge in [0, 0.05) is 31.6 Å². The van der Waals surface area contributed by atoms with Gasteiger partial charge in [0.1, 0.15) is 5.82 Å². The van der Waals surface area contributed by atoms with Crippen molar-refractivity contribution >= 4 is 33.7 Å². The fraction of sp³-hybridized carbons (Fsp3) is 0.400. The molecule has 0 aliphatic heterocycles. The van der Waals surface area contributed by atoms with E-state index in [9.17, 15) is 4.79 Å². The lowest BCUT2D eigenvalue weighted by molar-refractivity contribution is 0.100. The van der Waals surface area contributed by atoms with Gasteiger partial charge in [-0.25, -0.2) is 9.97 Å². The van der Waals surface area contributed by atoms with Crippen LogP contribution < -0.4 is 10.6 Å². The van der Waals surface area contributed by atoms with Crippen molar-refractivity contribution in [1.82, 2.24) is 24.8 Å². The normalized spacial score (nSPS) is 14.7. The molecule has 33 heavy (non-hydrogen) atoms. The quantitative estimate of drug-likeness (QED) is 0.400. The molecule has 0 radical (unpaired) electrons. The minimum absolute atomic E-state index is 0.465. The van der Waals surface area contributed by atoms with Gasteiger partial charge in [-0.2, -0.15) is 0 Å². The molecule has 2 aromatic carbocycles. The van der Waals surface area contributed by atoms with E-state index >= 15 is 0 Å². The molecule has 2 aromatic heterocycles. The molecule has 0 saturated heterocycles. The Bertz CT molecular complexity index is 1310. The fourth-order valence-electron chi connectivity index (χ4n) is 4.92. The Labute approximate surface area is 193 Å². The second-order valence-corrected chi connectivity index (χ2v) is 9.37. The first kappa shape index (κ1) is 21.5. The van der Waals surface area contributed by atoms with Gasteiger partial charge in [0.2, 0.25) is 0 Å². The van der Waals surface area contributed by atoms with Gasteiger partial charge in [-0.05, 0) is 50.7 Å². The Morgan fingerprint density at radius 1 is 1.15 bits per heavy atom. The fourth-order valence-corrected chi connectivity index (χ4v) is 4.92. The van der Waals surface area contributed by atoms with Crippen LogP contribution in [-0.2, 0) is 0 Å². The van der Waals surface area contributed by atoms with Crippen molar-refractivity contribution in [2.45, 2.75) is 31.6 Å². The van der Waals surface area contributed by atoms with Gasteiger partial charge in [-0.15, -0.1) is 0 Å². The molecule has 5 rings (SSSR count). The van der Waals surface area contributed by atoms with Crippen LogP contribution in [-0.4, -0.2) is 65.0 Å². The van der Waals surface area contributed by atoms with E-state index < -0.39 is 5.91 Å². The van der Waals surface area contributed by atoms with Gasteiger partial charge in [-0.1, -0.05) is 18.9 Å². The molecule has 4 aromatic rings. The SMILES string of the molecule is CN(C)CCN(C)c1cc(-c2ccc3nc(C4CCCC4)[nH]c3c2)c2nc[nH]c2c1C(N)=O. The molecule has 1 fully saturated rings. The summed E-state index contributed by atoms with van der Waals surface area (Å²) >= 11 is 0. The molecule has 8 nitrogen and oxygen atoms in total. The van der Waals surface area contributed by atoms with Crippen LogP contribution in [0.15, 0.2) is 30.6 Å². The number of rotatable bonds is 7. The van der Waals surface area contributed by atoms with Crippen LogP contribution in [0.5, 0.6) is 0 Å². The van der Waals surface area contributed by atoms with E-state index in [2.05, 4.69) is 43.0 Å². The summed E-state index contributed by atoms with van der Waals surface area (Å²) in [7, 11) is 6.06. The standard InChI is InChI=1S/C25H31N7O/c1-31(2)10-11-32(3)20-13-17(22-23(28-14-27-22)21(20)24(26)33)16-8-9-18-19(12-16)30-25(29-18)15-6-4-5-7-15/h8-9,12-15H,4-7,10-11H2,1-3H3,(H2,26,33)(H,27,28)(H,29,30). The summed E-state index contributed by atoms with van der Waals surface area (Å²) in [6.07, 6.45) is 6.59. The lowest BCUT2D eigenvalue weighted by Crippen LogP contribution is -2.30. The number of anilines is 1.